The third-order valence-corrected chi connectivity index (χ3v) is 5.96. The van der Waals surface area contributed by atoms with Crippen molar-refractivity contribution in [2.45, 2.75) is 83.7 Å². The van der Waals surface area contributed by atoms with Gasteiger partial charge in [0, 0.05) is 26.6 Å². The molecule has 1 saturated heterocycles. The maximum Gasteiger partial charge on any atom is 0.173 e. The Morgan fingerprint density at radius 2 is 2.04 bits per heavy atom. The number of methoxy groups -OCH3 is 2. The van der Waals surface area contributed by atoms with E-state index in [0.717, 1.165) is 37.7 Å². The molecule has 1 aliphatic rings. The Morgan fingerprint density at radius 3 is 2.59 bits per heavy atom. The summed E-state index contributed by atoms with van der Waals surface area (Å²) < 4.78 is 17.6. The van der Waals surface area contributed by atoms with E-state index in [1.165, 1.54) is 5.57 Å². The highest BCUT2D eigenvalue weighted by atomic mass is 16.7. The van der Waals surface area contributed by atoms with Gasteiger partial charge in [0.25, 0.3) is 0 Å². The molecule has 0 aromatic heterocycles. The van der Waals surface area contributed by atoms with Crippen LogP contribution in [0, 0.1) is 5.92 Å². The quantitative estimate of drug-likeness (QED) is 0.440. The molecule has 1 rings (SSSR count). The minimum Gasteiger partial charge on any atom is -0.392 e. The Bertz CT molecular complexity index is 491. The van der Waals surface area contributed by atoms with Crippen LogP contribution in [0.4, 0.5) is 0 Å². The molecule has 2 unspecified atom stereocenters. The van der Waals surface area contributed by atoms with Gasteiger partial charge in [-0.15, -0.1) is 0 Å². The smallest absolute Gasteiger partial charge is 0.173 e. The summed E-state index contributed by atoms with van der Waals surface area (Å²) in [5.41, 5.74) is 1.75. The van der Waals surface area contributed by atoms with Crippen LogP contribution in [-0.2, 0) is 14.2 Å². The van der Waals surface area contributed by atoms with Crippen molar-refractivity contribution in [3.05, 3.63) is 23.3 Å². The normalized spacial score (nSPS) is 26.7. The molecular formula is C22H40O5. The first-order chi connectivity index (χ1) is 12.7. The number of aliphatic hydroxyl groups is 2. The third kappa shape index (κ3) is 6.99. The van der Waals surface area contributed by atoms with Crippen molar-refractivity contribution in [3.63, 3.8) is 0 Å². The minimum atomic E-state index is -0.627. The van der Waals surface area contributed by atoms with Gasteiger partial charge in [-0.3, -0.25) is 0 Å². The molecule has 1 heterocycles. The Morgan fingerprint density at radius 1 is 1.37 bits per heavy atom. The second-order valence-electron chi connectivity index (χ2n) is 8.20. The SMILES string of the molecule is COC(CC=C(C)C)(OC)C(C)CCCC1(C)OCC(=CCO)CC[C@H]1O. The molecule has 1 fully saturated rings. The van der Waals surface area contributed by atoms with Crippen LogP contribution in [0.15, 0.2) is 23.3 Å². The Kier molecular flexibility index (Phi) is 10.2. The summed E-state index contributed by atoms with van der Waals surface area (Å²) in [5, 5.41) is 19.7. The average Bonchev–Trinajstić information content (AvgIpc) is 2.77. The largest absolute Gasteiger partial charge is 0.392 e. The van der Waals surface area contributed by atoms with E-state index >= 15 is 0 Å². The lowest BCUT2D eigenvalue weighted by Crippen LogP contribution is -2.42. The maximum atomic E-state index is 10.6. The van der Waals surface area contributed by atoms with Crippen LogP contribution < -0.4 is 0 Å². The lowest BCUT2D eigenvalue weighted by Gasteiger charge is -2.37. The fraction of sp³-hybridized carbons (Fsp3) is 0.818. The number of aliphatic hydroxyl groups excluding tert-OH is 2. The second kappa shape index (κ2) is 11.3. The summed E-state index contributed by atoms with van der Waals surface area (Å²) in [5.74, 6) is -0.419. The summed E-state index contributed by atoms with van der Waals surface area (Å²) in [4.78, 5) is 0. The van der Waals surface area contributed by atoms with Gasteiger partial charge < -0.3 is 24.4 Å². The highest BCUT2D eigenvalue weighted by Crippen LogP contribution is 2.35. The first-order valence-corrected chi connectivity index (χ1v) is 10.1. The van der Waals surface area contributed by atoms with E-state index in [2.05, 4.69) is 26.8 Å². The standard InChI is InChI=1S/C22H40O5/c1-17(2)11-14-22(25-5,26-6)18(3)8-7-13-21(4)20(24)10-9-19(12-15-23)16-27-21/h11-12,18,20,23-24H,7-10,13-16H2,1-6H3/t18?,20-,21?/m1/s1. The molecule has 0 bridgehead atoms. The summed E-state index contributed by atoms with van der Waals surface area (Å²) in [6, 6.07) is 0. The van der Waals surface area contributed by atoms with Crippen molar-refractivity contribution in [3.8, 4) is 0 Å². The van der Waals surface area contributed by atoms with Crippen LogP contribution >= 0.6 is 0 Å². The monoisotopic (exact) mass is 384 g/mol. The number of allylic oxidation sites excluding steroid dienone is 1. The van der Waals surface area contributed by atoms with Crippen molar-refractivity contribution < 1.29 is 24.4 Å². The highest BCUT2D eigenvalue weighted by molar-refractivity contribution is 5.06. The number of hydrogen-bond donors (Lipinski definition) is 2. The average molecular weight is 385 g/mol. The number of ether oxygens (including phenoxy) is 3. The lowest BCUT2D eigenvalue weighted by molar-refractivity contribution is -0.236. The topological polar surface area (TPSA) is 68.2 Å². The molecule has 0 radical (unpaired) electrons. The minimum absolute atomic E-state index is 0.0187. The van der Waals surface area contributed by atoms with Crippen molar-refractivity contribution in [1.82, 2.24) is 0 Å². The van der Waals surface area contributed by atoms with Crippen molar-refractivity contribution >= 4 is 0 Å². The van der Waals surface area contributed by atoms with Gasteiger partial charge in [0.05, 0.1) is 24.9 Å². The Hall–Kier alpha value is -0.720. The van der Waals surface area contributed by atoms with Gasteiger partial charge in [-0.25, -0.2) is 0 Å². The number of hydrogen-bond acceptors (Lipinski definition) is 5. The van der Waals surface area contributed by atoms with E-state index < -0.39 is 17.5 Å². The van der Waals surface area contributed by atoms with Crippen LogP contribution in [0.2, 0.25) is 0 Å². The Labute approximate surface area is 165 Å². The zero-order chi connectivity index (χ0) is 20.5. The van der Waals surface area contributed by atoms with E-state index in [0.29, 0.717) is 13.0 Å². The lowest BCUT2D eigenvalue weighted by atomic mass is 9.86. The zero-order valence-corrected chi connectivity index (χ0v) is 18.1. The van der Waals surface area contributed by atoms with Crippen LogP contribution in [0.5, 0.6) is 0 Å². The van der Waals surface area contributed by atoms with Crippen LogP contribution in [0.25, 0.3) is 0 Å². The summed E-state index contributed by atoms with van der Waals surface area (Å²) in [6.07, 6.45) is 8.20. The fourth-order valence-corrected chi connectivity index (χ4v) is 3.76. The van der Waals surface area contributed by atoms with E-state index in [1.54, 1.807) is 20.3 Å². The Balaban J connectivity index is 2.68. The molecule has 0 amide bonds. The molecule has 158 valence electrons. The maximum absolute atomic E-state index is 10.6. The van der Waals surface area contributed by atoms with E-state index in [-0.39, 0.29) is 12.5 Å². The highest BCUT2D eigenvalue weighted by Gasteiger charge is 2.38. The van der Waals surface area contributed by atoms with Gasteiger partial charge >= 0.3 is 0 Å². The molecule has 0 aliphatic carbocycles. The summed E-state index contributed by atoms with van der Waals surface area (Å²) in [6.45, 7) is 8.79. The molecule has 0 aromatic rings. The van der Waals surface area contributed by atoms with Crippen LogP contribution in [0.3, 0.4) is 0 Å². The number of rotatable bonds is 10. The fourth-order valence-electron chi connectivity index (χ4n) is 3.76. The molecule has 1 aliphatic heterocycles. The van der Waals surface area contributed by atoms with Crippen LogP contribution in [-0.4, -0.2) is 55.1 Å². The van der Waals surface area contributed by atoms with Gasteiger partial charge in [0.1, 0.15) is 0 Å². The molecule has 2 N–H and O–H groups in total. The first kappa shape index (κ1) is 24.3. The van der Waals surface area contributed by atoms with E-state index in [4.69, 9.17) is 19.3 Å². The predicted molar refractivity (Wildman–Crippen MR) is 109 cm³/mol. The molecule has 0 spiro atoms. The molecule has 5 heteroatoms. The van der Waals surface area contributed by atoms with Gasteiger partial charge in [-0.1, -0.05) is 31.1 Å². The van der Waals surface area contributed by atoms with Crippen LogP contribution in [0.1, 0.15) is 66.2 Å². The molecule has 27 heavy (non-hydrogen) atoms. The first-order valence-electron chi connectivity index (χ1n) is 10.1. The van der Waals surface area contributed by atoms with E-state index in [1.807, 2.05) is 6.92 Å². The molecule has 0 aromatic carbocycles. The molecule has 3 atom stereocenters. The zero-order valence-electron chi connectivity index (χ0n) is 18.1. The van der Waals surface area contributed by atoms with Gasteiger partial charge in [0.15, 0.2) is 5.79 Å². The van der Waals surface area contributed by atoms with E-state index in [9.17, 15) is 5.11 Å². The van der Waals surface area contributed by atoms with Crippen molar-refractivity contribution in [1.29, 1.82) is 0 Å². The summed E-state index contributed by atoms with van der Waals surface area (Å²) >= 11 is 0. The van der Waals surface area contributed by atoms with Crippen molar-refractivity contribution in [2.75, 3.05) is 27.4 Å². The second-order valence-corrected chi connectivity index (χ2v) is 8.20. The van der Waals surface area contributed by atoms with Crippen molar-refractivity contribution in [2.24, 2.45) is 5.92 Å². The van der Waals surface area contributed by atoms with Gasteiger partial charge in [0.2, 0.25) is 0 Å². The van der Waals surface area contributed by atoms with Gasteiger partial charge in [-0.2, -0.15) is 0 Å². The predicted octanol–water partition coefficient (Wildman–Crippen LogP) is 3.99. The van der Waals surface area contributed by atoms with Gasteiger partial charge in [-0.05, 0) is 52.0 Å². The molecule has 5 nitrogen and oxygen atoms in total. The molecule has 0 saturated carbocycles. The third-order valence-electron chi connectivity index (χ3n) is 5.96. The molecular weight excluding hydrogens is 344 g/mol. The summed E-state index contributed by atoms with van der Waals surface area (Å²) in [7, 11) is 3.40.